The van der Waals surface area contributed by atoms with Crippen molar-refractivity contribution < 1.29 is 183 Å². The van der Waals surface area contributed by atoms with Gasteiger partial charge in [-0.2, -0.15) is 0 Å². The Kier molecular flexibility index (Phi) is 44.8. The fraction of sp³-hybridized carbons (Fsp3) is 0.463. The van der Waals surface area contributed by atoms with Crippen LogP contribution in [0.25, 0.3) is 33.1 Å². The molecule has 0 amide bonds. The van der Waals surface area contributed by atoms with Crippen LogP contribution in [0.15, 0.2) is 0 Å². The predicted octanol–water partition coefficient (Wildman–Crippen LogP) is 17.5. The maximum Gasteiger partial charge on any atom is 0.294 e. The number of aromatic amines is 3. The van der Waals surface area contributed by atoms with Gasteiger partial charge in [-0.05, 0) is 174 Å². The molecule has 481 valence electrons. The third-order valence-electron chi connectivity index (χ3n) is 16.2. The molecule has 0 spiro atoms. The van der Waals surface area contributed by atoms with Gasteiger partial charge in [-0.3, -0.25) is 44.7 Å². The minimum Gasteiger partial charge on any atom is -0.494 e. The Hall–Kier alpha value is -2.46. The smallest absolute Gasteiger partial charge is 0.294 e. The minimum absolute atomic E-state index is 0. The molecule has 6 N–H and O–H groups in total. The SMILES string of the molecule is CCC.Cc1n[c-]c([N+](=O)[O-])c(C)c1C.Cc1nc(C(C)C)c(N)c(C)c1C.Cc1nc(C(C)C)c([N+](=O)[O-])c(C)c1C.Cc1nc2c(C)[c-][nH]c2c(C)c1C.Cc1nc2c(C)c(C)[nH]c2c(C)c1C.Cc1nc2c(C)c(O)[nH]c2c(C)c1C.O=P.[Y].[Y].[Y].[Y].[Y]. The first-order valence-corrected chi connectivity index (χ1v) is 29.3. The Morgan fingerprint density at radius 2 is 0.813 bits per heavy atom. The summed E-state index contributed by atoms with van der Waals surface area (Å²) in [4.78, 5) is 56.3. The van der Waals surface area contributed by atoms with Gasteiger partial charge >= 0.3 is 0 Å². The topological polar surface area (TPSA) is 274 Å². The molecule has 0 aliphatic rings. The summed E-state index contributed by atoms with van der Waals surface area (Å²) in [6.07, 6.45) is 6.73. The van der Waals surface area contributed by atoms with Crippen LogP contribution in [-0.4, -0.2) is 59.8 Å². The molecule has 0 unspecified atom stereocenters. The van der Waals surface area contributed by atoms with Crippen molar-refractivity contribution in [2.45, 2.75) is 212 Å². The molecule has 0 saturated heterocycles. The van der Waals surface area contributed by atoms with Gasteiger partial charge in [0.05, 0.1) is 38.4 Å². The fourth-order valence-electron chi connectivity index (χ4n) is 9.06. The van der Waals surface area contributed by atoms with Crippen LogP contribution >= 0.6 is 9.12 Å². The standard InChI is InChI=1S/C12H16N2.C11H16N2O2.C11H14N2O.C11H13N2.C11H18N2.C8H9N2O2.C3H8.HOP.5Y/c1-6-7(2)11-12(13-9(6)4)8(3)10(5)14-11;1-6(2)10-11(13(14)15)8(4)7(3)9(5)12-10;1-5-6(2)9-10(12-8(5)4)7(3)11(14)13-9;1-6-5-12-11-8(3)7(2)9(4)13-10(6)11;1-6(2)11-10(12)8(4)7(3)9(5)13-11;1-5-6(2)8(10(11)12)4-9-7(5)3;1-3-2;1-2;;;;;/h14H,1-5H3;6H,1-5H3;13-14H,1-4H3;12H,1-4H3;6H,12H2,1-5H3;1-3H3;3H2,1-2H3;2H;;;;;/q;;;-1;;-1;;;;;;;. The third-order valence-corrected chi connectivity index (χ3v) is 16.2. The van der Waals surface area contributed by atoms with Gasteiger partial charge < -0.3 is 35.8 Å². The summed E-state index contributed by atoms with van der Waals surface area (Å²) < 4.78 is 8.06. The number of hydrogen-bond acceptors (Lipinski definition) is 13. The van der Waals surface area contributed by atoms with Crippen molar-refractivity contribution in [3.05, 3.63) is 167 Å². The predicted molar refractivity (Wildman–Crippen MR) is 355 cm³/mol. The van der Waals surface area contributed by atoms with Crippen LogP contribution in [0.5, 0.6) is 5.88 Å². The average molecular weight is 1640 g/mol. The monoisotopic (exact) mass is 1640 g/mol. The maximum absolute atomic E-state index is 11.0. The van der Waals surface area contributed by atoms with Crippen LogP contribution in [0.4, 0.5) is 17.1 Å². The Bertz CT molecular complexity index is 3820. The molecule has 9 aromatic heterocycles. The van der Waals surface area contributed by atoms with Gasteiger partial charge in [-0.1, -0.05) is 110 Å². The molecular formula is C67H95N12O6PY5-2. The van der Waals surface area contributed by atoms with E-state index in [1.165, 1.54) is 62.1 Å². The van der Waals surface area contributed by atoms with E-state index in [-0.39, 0.29) is 192 Å². The zero-order valence-electron chi connectivity index (χ0n) is 59.4. The Morgan fingerprint density at radius 1 is 0.462 bits per heavy atom. The first-order chi connectivity index (χ1) is 39.9. The van der Waals surface area contributed by atoms with Gasteiger partial charge in [0.2, 0.25) is 0 Å². The van der Waals surface area contributed by atoms with E-state index >= 15 is 0 Å². The first-order valence-electron chi connectivity index (χ1n) is 28.9. The molecule has 91 heavy (non-hydrogen) atoms. The van der Waals surface area contributed by atoms with Crippen LogP contribution in [-0.2, 0) is 168 Å². The first kappa shape index (κ1) is 94.9. The number of nitrogen functional groups attached to an aromatic ring is 1. The molecule has 9 rings (SSSR count). The van der Waals surface area contributed by atoms with E-state index in [1.807, 2.05) is 90.0 Å². The van der Waals surface area contributed by atoms with Crippen molar-refractivity contribution in [1.29, 1.82) is 0 Å². The molecule has 0 fully saturated rings. The normalized spacial score (nSPS) is 9.91. The molecule has 0 aliphatic heterocycles. The third kappa shape index (κ3) is 23.9. The van der Waals surface area contributed by atoms with Crippen LogP contribution in [0.2, 0.25) is 0 Å². The number of rotatable bonds is 4. The molecule has 9 aromatic rings. The number of H-pyrrole nitrogens is 3. The fourth-order valence-corrected chi connectivity index (χ4v) is 9.06. The molecule has 24 heteroatoms. The van der Waals surface area contributed by atoms with E-state index in [1.54, 1.807) is 23.0 Å². The number of nitrogens with zero attached hydrogens (tertiary/aromatic N) is 8. The summed E-state index contributed by atoms with van der Waals surface area (Å²) in [5, 5.41) is 30.9. The van der Waals surface area contributed by atoms with Crippen molar-refractivity contribution in [2.75, 3.05) is 5.73 Å². The summed E-state index contributed by atoms with van der Waals surface area (Å²) in [5.74, 6) is 0.696. The van der Waals surface area contributed by atoms with Crippen molar-refractivity contribution in [3.63, 3.8) is 0 Å². The molecule has 0 aliphatic carbocycles. The van der Waals surface area contributed by atoms with E-state index in [4.69, 9.17) is 10.3 Å². The molecule has 5 radical (unpaired) electrons. The number of anilines is 1. The van der Waals surface area contributed by atoms with Crippen molar-refractivity contribution in [1.82, 2.24) is 44.9 Å². The number of nitro groups is 2. The maximum atomic E-state index is 11.0. The van der Waals surface area contributed by atoms with Crippen molar-refractivity contribution in [2.24, 2.45) is 0 Å². The molecule has 9 heterocycles. The van der Waals surface area contributed by atoms with E-state index in [0.29, 0.717) is 17.2 Å². The summed E-state index contributed by atoms with van der Waals surface area (Å²) in [5.41, 5.74) is 38.4. The Morgan fingerprint density at radius 3 is 1.23 bits per heavy atom. The van der Waals surface area contributed by atoms with Gasteiger partial charge in [-0.25, -0.2) is 0 Å². The largest absolute Gasteiger partial charge is 0.494 e. The van der Waals surface area contributed by atoms with Crippen molar-refractivity contribution >= 4 is 59.3 Å². The molecule has 0 aromatic carbocycles. The van der Waals surface area contributed by atoms with E-state index in [9.17, 15) is 25.3 Å². The van der Waals surface area contributed by atoms with E-state index < -0.39 is 4.92 Å². The van der Waals surface area contributed by atoms with Crippen LogP contribution in [0.1, 0.15) is 194 Å². The number of aromatic hydroxyl groups is 1. The Labute approximate surface area is 669 Å². The minimum atomic E-state index is -0.464. The van der Waals surface area contributed by atoms with E-state index in [0.717, 1.165) is 107 Å². The number of nitrogens with two attached hydrogens (primary N) is 1. The molecule has 0 saturated carbocycles. The number of aromatic nitrogens is 9. The van der Waals surface area contributed by atoms with Gasteiger partial charge in [0, 0.05) is 226 Å². The number of nitrogens with one attached hydrogen (secondary N) is 3. The van der Waals surface area contributed by atoms with Gasteiger partial charge in [0.15, 0.2) is 11.6 Å². The number of fused-ring (bicyclic) bond motifs is 3. The number of aryl methyl sites for hydroxylation is 13. The zero-order valence-corrected chi connectivity index (χ0v) is 74.6. The molecule has 0 atom stereocenters. The van der Waals surface area contributed by atoms with Crippen molar-refractivity contribution in [3.8, 4) is 5.88 Å². The summed E-state index contributed by atoms with van der Waals surface area (Å²) in [6, 6.07) is 0. The second kappa shape index (κ2) is 43.0. The van der Waals surface area contributed by atoms with Crippen LogP contribution in [0.3, 0.4) is 0 Å². The Balaban J connectivity index is -0.000000487. The van der Waals surface area contributed by atoms with Gasteiger partial charge in [0.25, 0.3) is 5.69 Å². The van der Waals surface area contributed by atoms with Crippen LogP contribution < -0.4 is 5.73 Å². The van der Waals surface area contributed by atoms with E-state index in [2.05, 4.69) is 147 Å². The molecular weight excluding hydrogens is 1540 g/mol. The summed E-state index contributed by atoms with van der Waals surface area (Å²) in [7, 11) is 1.72. The van der Waals surface area contributed by atoms with Gasteiger partial charge in [0.1, 0.15) is 14.8 Å². The summed E-state index contributed by atoms with van der Waals surface area (Å²) >= 11 is 0. The average Bonchev–Trinajstić information content (AvgIpc) is 1.92. The molecule has 18 nitrogen and oxygen atoms in total. The zero-order chi connectivity index (χ0) is 66.4. The van der Waals surface area contributed by atoms with Gasteiger partial charge in [-0.15, -0.1) is 17.3 Å². The summed E-state index contributed by atoms with van der Waals surface area (Å²) in [6.45, 7) is 56.2. The second-order valence-electron chi connectivity index (χ2n) is 22.7. The van der Waals surface area contributed by atoms with Crippen LogP contribution in [0, 0.1) is 185 Å². The number of hydrogen-bond donors (Lipinski definition) is 5. The molecule has 0 bridgehead atoms. The quantitative estimate of drug-likeness (QED) is 0.0475. The number of pyridine rings is 6. The second-order valence-corrected chi connectivity index (χ2v) is 22.7.